The number of hydrogen-bond donors (Lipinski definition) is 1. The smallest absolute Gasteiger partial charge is 0.243 e. The van der Waals surface area contributed by atoms with Crippen molar-refractivity contribution < 1.29 is 4.79 Å². The number of carbonyl (C=O) groups excluding carboxylic acids is 1. The zero-order valence-corrected chi connectivity index (χ0v) is 17.2. The normalized spacial score (nSPS) is 20.3. The van der Waals surface area contributed by atoms with Crippen molar-refractivity contribution in [2.45, 2.75) is 25.8 Å². The fraction of sp³-hybridized carbons (Fsp3) is 0.148. The summed E-state index contributed by atoms with van der Waals surface area (Å²) in [6, 6.07) is 28.8. The molecule has 3 heteroatoms. The monoisotopic (exact) mass is 392 g/mol. The Hall–Kier alpha value is -3.59. The molecule has 3 aromatic rings. The highest BCUT2D eigenvalue weighted by Gasteiger charge is 2.50. The maximum atomic E-state index is 13.4. The number of anilines is 1. The molecule has 2 aliphatic rings. The molecule has 3 aromatic carbocycles. The quantitative estimate of drug-likeness (QED) is 0.618. The summed E-state index contributed by atoms with van der Waals surface area (Å²) >= 11 is 0. The van der Waals surface area contributed by atoms with Crippen LogP contribution in [-0.4, -0.2) is 10.8 Å². The van der Waals surface area contributed by atoms with Crippen molar-refractivity contribution >= 4 is 17.3 Å². The third kappa shape index (κ3) is 2.70. The Morgan fingerprint density at radius 3 is 2.20 bits per heavy atom. The van der Waals surface area contributed by atoms with E-state index < -0.39 is 5.41 Å². The SMILES string of the molecule is CC1=C(C)[C@@]2(C=C(c3ccccc3)N1Cc1ccccc1)C(=O)Nc1ccccc12. The summed E-state index contributed by atoms with van der Waals surface area (Å²) in [5.41, 5.74) is 6.74. The highest BCUT2D eigenvalue weighted by Crippen LogP contribution is 2.50. The lowest BCUT2D eigenvalue weighted by Crippen LogP contribution is -2.40. The fourth-order valence-corrected chi connectivity index (χ4v) is 4.67. The van der Waals surface area contributed by atoms with Gasteiger partial charge in [-0.3, -0.25) is 4.79 Å². The number of allylic oxidation sites excluding steroid dienone is 1. The number of amides is 1. The minimum Gasteiger partial charge on any atom is -0.341 e. The van der Waals surface area contributed by atoms with Gasteiger partial charge in [-0.15, -0.1) is 0 Å². The highest BCUT2D eigenvalue weighted by atomic mass is 16.2. The number of fused-ring (bicyclic) bond motifs is 2. The van der Waals surface area contributed by atoms with Crippen LogP contribution in [-0.2, 0) is 16.8 Å². The van der Waals surface area contributed by atoms with Crippen LogP contribution in [0.1, 0.15) is 30.5 Å². The Balaban J connectivity index is 1.72. The van der Waals surface area contributed by atoms with Gasteiger partial charge < -0.3 is 10.2 Å². The Bertz CT molecular complexity index is 1180. The predicted molar refractivity (Wildman–Crippen MR) is 122 cm³/mol. The van der Waals surface area contributed by atoms with E-state index in [-0.39, 0.29) is 5.91 Å². The molecular formula is C27H24N2O. The van der Waals surface area contributed by atoms with Crippen molar-refractivity contribution in [3.63, 3.8) is 0 Å². The molecule has 3 nitrogen and oxygen atoms in total. The molecule has 0 aliphatic carbocycles. The number of hydrogen-bond acceptors (Lipinski definition) is 2. The van der Waals surface area contributed by atoms with Gasteiger partial charge in [-0.25, -0.2) is 0 Å². The van der Waals surface area contributed by atoms with Crippen molar-refractivity contribution in [3.8, 4) is 0 Å². The first-order chi connectivity index (χ1) is 14.6. The van der Waals surface area contributed by atoms with Gasteiger partial charge in [-0.2, -0.15) is 0 Å². The first-order valence-corrected chi connectivity index (χ1v) is 10.3. The average molecular weight is 393 g/mol. The van der Waals surface area contributed by atoms with Crippen LogP contribution >= 0.6 is 0 Å². The number of nitrogens with one attached hydrogen (secondary N) is 1. The number of nitrogens with zero attached hydrogens (tertiary/aromatic N) is 1. The van der Waals surface area contributed by atoms with Crippen molar-refractivity contribution in [3.05, 3.63) is 119 Å². The van der Waals surface area contributed by atoms with Gasteiger partial charge in [0.2, 0.25) is 5.91 Å². The summed E-state index contributed by atoms with van der Waals surface area (Å²) < 4.78 is 0. The van der Waals surface area contributed by atoms with Crippen LogP contribution in [0.15, 0.2) is 102 Å². The topological polar surface area (TPSA) is 32.3 Å². The lowest BCUT2D eigenvalue weighted by atomic mass is 9.71. The largest absolute Gasteiger partial charge is 0.341 e. The van der Waals surface area contributed by atoms with E-state index in [0.717, 1.165) is 40.3 Å². The Labute approximate surface area is 177 Å². The van der Waals surface area contributed by atoms with E-state index in [2.05, 4.69) is 72.6 Å². The second-order valence-corrected chi connectivity index (χ2v) is 7.99. The molecular weight excluding hydrogens is 368 g/mol. The minimum atomic E-state index is -0.779. The van der Waals surface area contributed by atoms with Gasteiger partial charge in [0, 0.05) is 23.6 Å². The second-order valence-electron chi connectivity index (χ2n) is 7.99. The molecule has 1 N–H and O–H groups in total. The molecule has 0 bridgehead atoms. The molecule has 0 saturated heterocycles. The summed E-state index contributed by atoms with van der Waals surface area (Å²) in [6.45, 7) is 4.97. The van der Waals surface area contributed by atoms with Gasteiger partial charge in [-0.05, 0) is 48.3 Å². The van der Waals surface area contributed by atoms with Gasteiger partial charge in [0.05, 0.1) is 0 Å². The van der Waals surface area contributed by atoms with Crippen LogP contribution < -0.4 is 5.32 Å². The Kier molecular flexibility index (Phi) is 4.32. The van der Waals surface area contributed by atoms with Gasteiger partial charge >= 0.3 is 0 Å². The molecule has 2 heterocycles. The van der Waals surface area contributed by atoms with Crippen molar-refractivity contribution in [2.75, 3.05) is 5.32 Å². The number of rotatable bonds is 3. The molecule has 148 valence electrons. The molecule has 0 fully saturated rings. The Morgan fingerprint density at radius 2 is 1.47 bits per heavy atom. The average Bonchev–Trinajstić information content (AvgIpc) is 3.07. The maximum absolute atomic E-state index is 13.4. The molecule has 1 atom stereocenters. The van der Waals surface area contributed by atoms with Crippen molar-refractivity contribution in [1.82, 2.24) is 4.90 Å². The molecule has 5 rings (SSSR count). The van der Waals surface area contributed by atoms with E-state index >= 15 is 0 Å². The summed E-state index contributed by atoms with van der Waals surface area (Å²) in [6.07, 6.45) is 2.16. The van der Waals surface area contributed by atoms with Crippen LogP contribution in [0.3, 0.4) is 0 Å². The summed E-state index contributed by atoms with van der Waals surface area (Å²) in [4.78, 5) is 15.7. The van der Waals surface area contributed by atoms with Gasteiger partial charge in [0.1, 0.15) is 5.41 Å². The van der Waals surface area contributed by atoms with Crippen molar-refractivity contribution in [1.29, 1.82) is 0 Å². The molecule has 0 radical (unpaired) electrons. The third-order valence-corrected chi connectivity index (χ3v) is 6.39. The summed E-state index contributed by atoms with van der Waals surface area (Å²) in [5.74, 6) is 0.0216. The van der Waals surface area contributed by atoms with Crippen LogP contribution in [0.5, 0.6) is 0 Å². The predicted octanol–water partition coefficient (Wildman–Crippen LogP) is 5.73. The van der Waals surface area contributed by atoms with Gasteiger partial charge in [0.15, 0.2) is 0 Å². The van der Waals surface area contributed by atoms with Crippen LogP contribution in [0.25, 0.3) is 5.70 Å². The van der Waals surface area contributed by atoms with Crippen LogP contribution in [0, 0.1) is 0 Å². The summed E-state index contributed by atoms with van der Waals surface area (Å²) in [7, 11) is 0. The molecule has 2 aliphatic heterocycles. The lowest BCUT2D eigenvalue weighted by molar-refractivity contribution is -0.118. The van der Waals surface area contributed by atoms with E-state index in [4.69, 9.17) is 0 Å². The van der Waals surface area contributed by atoms with E-state index in [1.54, 1.807) is 0 Å². The van der Waals surface area contributed by atoms with E-state index in [1.807, 2.05) is 42.5 Å². The van der Waals surface area contributed by atoms with E-state index in [0.29, 0.717) is 0 Å². The van der Waals surface area contributed by atoms with Crippen LogP contribution in [0.2, 0.25) is 0 Å². The third-order valence-electron chi connectivity index (χ3n) is 6.39. The second kappa shape index (κ2) is 7.03. The van der Waals surface area contributed by atoms with Crippen LogP contribution in [0.4, 0.5) is 5.69 Å². The first-order valence-electron chi connectivity index (χ1n) is 10.3. The summed E-state index contributed by atoms with van der Waals surface area (Å²) in [5, 5.41) is 3.11. The van der Waals surface area contributed by atoms with Gasteiger partial charge in [0.25, 0.3) is 0 Å². The number of carbonyl (C=O) groups is 1. The molecule has 1 amide bonds. The Morgan fingerprint density at radius 1 is 0.833 bits per heavy atom. The van der Waals surface area contributed by atoms with E-state index in [1.165, 1.54) is 5.56 Å². The zero-order chi connectivity index (χ0) is 20.7. The zero-order valence-electron chi connectivity index (χ0n) is 17.2. The first kappa shape index (κ1) is 18.4. The molecule has 0 unspecified atom stereocenters. The standard InChI is InChI=1S/C27H24N2O/c1-19-20(2)29(18-21-11-5-3-6-12-21)25(22-13-7-4-8-14-22)17-27(19)23-15-9-10-16-24(23)28-26(27)30/h3-17H,18H2,1-2H3,(H,28,30)/t27-/m1/s1. The number of benzene rings is 3. The molecule has 0 saturated carbocycles. The van der Waals surface area contributed by atoms with Gasteiger partial charge in [-0.1, -0.05) is 78.9 Å². The minimum absolute atomic E-state index is 0.0216. The van der Waals surface area contributed by atoms with E-state index in [9.17, 15) is 4.79 Å². The highest BCUT2D eigenvalue weighted by molar-refractivity contribution is 6.11. The number of para-hydroxylation sites is 1. The maximum Gasteiger partial charge on any atom is 0.243 e. The fourth-order valence-electron chi connectivity index (χ4n) is 4.67. The molecule has 30 heavy (non-hydrogen) atoms. The molecule has 0 aromatic heterocycles. The van der Waals surface area contributed by atoms with Crippen molar-refractivity contribution in [2.24, 2.45) is 0 Å². The lowest BCUT2D eigenvalue weighted by Gasteiger charge is -2.40. The molecule has 1 spiro atoms.